The summed E-state index contributed by atoms with van der Waals surface area (Å²) in [6.45, 7) is -0.286. The van der Waals surface area contributed by atoms with Gasteiger partial charge in [-0.05, 0) is 18.2 Å². The first-order chi connectivity index (χ1) is 8.11. The Hall–Kier alpha value is -1.95. The van der Waals surface area contributed by atoms with Crippen LogP contribution in [0.1, 0.15) is 0 Å². The summed E-state index contributed by atoms with van der Waals surface area (Å²) in [5.74, 6) is -1.26. The smallest absolute Gasteiger partial charge is 0.246 e. The lowest BCUT2D eigenvalue weighted by molar-refractivity contribution is -0.127. The number of benzene rings is 1. The van der Waals surface area contributed by atoms with Gasteiger partial charge in [0.2, 0.25) is 11.8 Å². The molecule has 17 heavy (non-hydrogen) atoms. The van der Waals surface area contributed by atoms with Crippen molar-refractivity contribution in [3.63, 3.8) is 0 Å². The van der Waals surface area contributed by atoms with Gasteiger partial charge in [0.05, 0.1) is 6.54 Å². The summed E-state index contributed by atoms with van der Waals surface area (Å²) in [5, 5.41) is 4.79. The number of hydrogen-bond acceptors (Lipinski definition) is 3. The first kappa shape index (κ1) is 13.1. The first-order valence-corrected chi connectivity index (χ1v) is 4.93. The van der Waals surface area contributed by atoms with Crippen LogP contribution < -0.4 is 10.6 Å². The lowest BCUT2D eigenvalue weighted by Crippen LogP contribution is -2.34. The highest BCUT2D eigenvalue weighted by molar-refractivity contribution is 5.94. The highest BCUT2D eigenvalue weighted by Crippen LogP contribution is 2.08. The molecule has 0 radical (unpaired) electrons. The fourth-order valence-corrected chi connectivity index (χ4v) is 1.13. The van der Waals surface area contributed by atoms with Gasteiger partial charge in [-0.2, -0.15) is 0 Å². The van der Waals surface area contributed by atoms with Gasteiger partial charge in [-0.15, -0.1) is 0 Å². The summed E-state index contributed by atoms with van der Waals surface area (Å²) in [6, 6.07) is 5.50. The number of halogens is 1. The number of ether oxygens (including phenoxy) is 1. The molecule has 0 spiro atoms. The number of carbonyl (C=O) groups is 2. The van der Waals surface area contributed by atoms with Gasteiger partial charge in [0, 0.05) is 12.8 Å². The molecule has 0 saturated heterocycles. The topological polar surface area (TPSA) is 67.4 Å². The SMILES string of the molecule is COCC(=O)NCC(=O)Nc1cccc(F)c1. The molecule has 2 N–H and O–H groups in total. The molecule has 6 heteroatoms. The monoisotopic (exact) mass is 240 g/mol. The number of nitrogens with one attached hydrogen (secondary N) is 2. The molecule has 1 aromatic carbocycles. The minimum Gasteiger partial charge on any atom is -0.375 e. The minimum absolute atomic E-state index is 0.104. The zero-order valence-electron chi connectivity index (χ0n) is 9.33. The molecule has 0 aromatic heterocycles. The number of amides is 2. The van der Waals surface area contributed by atoms with E-state index >= 15 is 0 Å². The standard InChI is InChI=1S/C11H13FN2O3/c1-17-7-11(16)13-6-10(15)14-9-4-2-3-8(12)5-9/h2-5H,6-7H2,1H3,(H,13,16)(H,14,15). The molecule has 1 aromatic rings. The summed E-state index contributed by atoms with van der Waals surface area (Å²) in [7, 11) is 1.38. The zero-order valence-corrected chi connectivity index (χ0v) is 9.33. The van der Waals surface area contributed by atoms with Crippen LogP contribution in [0.25, 0.3) is 0 Å². The molecule has 2 amide bonds. The molecule has 92 valence electrons. The second kappa shape index (κ2) is 6.59. The molecule has 0 aliphatic heterocycles. The van der Waals surface area contributed by atoms with E-state index in [0.29, 0.717) is 5.69 Å². The summed E-state index contributed by atoms with van der Waals surface area (Å²) >= 11 is 0. The Balaban J connectivity index is 2.37. The molecule has 0 atom stereocenters. The van der Waals surface area contributed by atoms with E-state index in [1.807, 2.05) is 0 Å². The van der Waals surface area contributed by atoms with Crippen LogP contribution in [-0.2, 0) is 14.3 Å². The van der Waals surface area contributed by atoms with E-state index in [4.69, 9.17) is 0 Å². The van der Waals surface area contributed by atoms with Crippen LogP contribution in [0, 0.1) is 5.82 Å². The molecule has 0 aliphatic rings. The van der Waals surface area contributed by atoms with Crippen molar-refractivity contribution in [2.75, 3.05) is 25.6 Å². The third-order valence-corrected chi connectivity index (χ3v) is 1.83. The molecule has 0 unspecified atom stereocenters. The van der Waals surface area contributed by atoms with Gasteiger partial charge in [0.1, 0.15) is 12.4 Å². The maximum absolute atomic E-state index is 12.8. The van der Waals surface area contributed by atoms with Gasteiger partial charge in [-0.1, -0.05) is 6.07 Å². The van der Waals surface area contributed by atoms with Crippen molar-refractivity contribution in [2.45, 2.75) is 0 Å². The van der Waals surface area contributed by atoms with Gasteiger partial charge in [0.25, 0.3) is 0 Å². The van der Waals surface area contributed by atoms with Gasteiger partial charge >= 0.3 is 0 Å². The quantitative estimate of drug-likeness (QED) is 0.788. The molecule has 0 heterocycles. The average molecular weight is 240 g/mol. The van der Waals surface area contributed by atoms with Crippen molar-refractivity contribution in [3.8, 4) is 0 Å². The Morgan fingerprint density at radius 1 is 1.35 bits per heavy atom. The van der Waals surface area contributed by atoms with Crippen LogP contribution in [0.2, 0.25) is 0 Å². The fourth-order valence-electron chi connectivity index (χ4n) is 1.13. The Kier molecular flexibility index (Phi) is 5.09. The number of carbonyl (C=O) groups excluding carboxylic acids is 2. The molecular weight excluding hydrogens is 227 g/mol. The normalized spacial score (nSPS) is 9.76. The Bertz CT molecular complexity index is 409. The van der Waals surface area contributed by atoms with E-state index in [1.54, 1.807) is 6.07 Å². The molecule has 0 aliphatic carbocycles. The van der Waals surface area contributed by atoms with Crippen molar-refractivity contribution in [1.82, 2.24) is 5.32 Å². The molecule has 1 rings (SSSR count). The maximum Gasteiger partial charge on any atom is 0.246 e. The first-order valence-electron chi connectivity index (χ1n) is 4.93. The fraction of sp³-hybridized carbons (Fsp3) is 0.273. The van der Waals surface area contributed by atoms with Gasteiger partial charge in [-0.3, -0.25) is 9.59 Å². The minimum atomic E-state index is -0.439. The van der Waals surface area contributed by atoms with E-state index in [-0.39, 0.29) is 19.1 Å². The maximum atomic E-state index is 12.8. The molecule has 0 fully saturated rings. The van der Waals surface area contributed by atoms with E-state index in [0.717, 1.165) is 0 Å². The lowest BCUT2D eigenvalue weighted by atomic mass is 10.3. The summed E-state index contributed by atoms with van der Waals surface area (Å²) < 4.78 is 17.4. The highest BCUT2D eigenvalue weighted by Gasteiger charge is 2.05. The third kappa shape index (κ3) is 5.07. The summed E-state index contributed by atoms with van der Waals surface area (Å²) in [4.78, 5) is 22.3. The van der Waals surface area contributed by atoms with Crippen LogP contribution in [0.15, 0.2) is 24.3 Å². The second-order valence-corrected chi connectivity index (χ2v) is 3.27. The van der Waals surface area contributed by atoms with Gasteiger partial charge in [-0.25, -0.2) is 4.39 Å². The number of rotatable bonds is 5. The number of hydrogen-bond donors (Lipinski definition) is 2. The summed E-state index contributed by atoms with van der Waals surface area (Å²) in [6.07, 6.45) is 0. The van der Waals surface area contributed by atoms with E-state index in [2.05, 4.69) is 15.4 Å². The van der Waals surface area contributed by atoms with E-state index in [1.165, 1.54) is 25.3 Å². The van der Waals surface area contributed by atoms with E-state index in [9.17, 15) is 14.0 Å². The van der Waals surface area contributed by atoms with Crippen molar-refractivity contribution in [1.29, 1.82) is 0 Å². The summed E-state index contributed by atoms with van der Waals surface area (Å²) in [5.41, 5.74) is 0.344. The predicted molar refractivity (Wildman–Crippen MR) is 59.9 cm³/mol. The van der Waals surface area contributed by atoms with Gasteiger partial charge < -0.3 is 15.4 Å². The van der Waals surface area contributed by atoms with Crippen molar-refractivity contribution < 1.29 is 18.7 Å². The van der Waals surface area contributed by atoms with Crippen molar-refractivity contribution in [3.05, 3.63) is 30.1 Å². The Labute approximate surface area is 98.0 Å². The van der Waals surface area contributed by atoms with Crippen LogP contribution in [0.3, 0.4) is 0 Å². The van der Waals surface area contributed by atoms with Crippen molar-refractivity contribution in [2.24, 2.45) is 0 Å². The van der Waals surface area contributed by atoms with Gasteiger partial charge in [0.15, 0.2) is 0 Å². The largest absolute Gasteiger partial charge is 0.375 e. The van der Waals surface area contributed by atoms with Crippen LogP contribution >= 0.6 is 0 Å². The predicted octanol–water partition coefficient (Wildman–Crippen LogP) is 0.527. The molecule has 5 nitrogen and oxygen atoms in total. The third-order valence-electron chi connectivity index (χ3n) is 1.83. The zero-order chi connectivity index (χ0) is 12.7. The number of anilines is 1. The Morgan fingerprint density at radius 3 is 2.76 bits per heavy atom. The molecule has 0 bridgehead atoms. The van der Waals surface area contributed by atoms with Crippen LogP contribution in [0.5, 0.6) is 0 Å². The van der Waals surface area contributed by atoms with E-state index < -0.39 is 11.7 Å². The molecule has 0 saturated carbocycles. The highest BCUT2D eigenvalue weighted by atomic mass is 19.1. The lowest BCUT2D eigenvalue weighted by Gasteiger charge is -2.06. The number of methoxy groups -OCH3 is 1. The van der Waals surface area contributed by atoms with Crippen molar-refractivity contribution >= 4 is 17.5 Å². The molecular formula is C11H13FN2O3. The Morgan fingerprint density at radius 2 is 2.12 bits per heavy atom. The average Bonchev–Trinajstić information content (AvgIpc) is 2.27. The van der Waals surface area contributed by atoms with Crippen LogP contribution in [0.4, 0.5) is 10.1 Å². The van der Waals surface area contributed by atoms with Crippen LogP contribution in [-0.4, -0.2) is 32.1 Å². The second-order valence-electron chi connectivity index (χ2n) is 3.27.